The van der Waals surface area contributed by atoms with Crippen molar-refractivity contribution in [2.75, 3.05) is 13.2 Å². The standard InChI is InChI=1S/C20H18BrNO4/c1-3-25-18-10-15(17(21)11-19(18)26-4-2)9-16(12-22)13-5-7-14(8-6-13)20(23)24/h5-11H,3-4H2,1-2H3,(H,23,24)/b16-9-. The number of ether oxygens (including phenoxy) is 2. The number of benzene rings is 2. The van der Waals surface area contributed by atoms with E-state index in [1.54, 1.807) is 18.2 Å². The van der Waals surface area contributed by atoms with Gasteiger partial charge in [-0.15, -0.1) is 0 Å². The van der Waals surface area contributed by atoms with Gasteiger partial charge in [-0.2, -0.15) is 5.26 Å². The Hall–Kier alpha value is -2.78. The summed E-state index contributed by atoms with van der Waals surface area (Å²) in [5, 5.41) is 18.5. The lowest BCUT2D eigenvalue weighted by Gasteiger charge is -2.13. The van der Waals surface area contributed by atoms with Gasteiger partial charge in [0.25, 0.3) is 0 Å². The minimum absolute atomic E-state index is 0.173. The van der Waals surface area contributed by atoms with Crippen LogP contribution in [0.1, 0.15) is 35.3 Å². The quantitative estimate of drug-likeness (QED) is 0.507. The van der Waals surface area contributed by atoms with E-state index in [0.29, 0.717) is 35.8 Å². The molecule has 0 saturated carbocycles. The number of carboxylic acids is 1. The fourth-order valence-electron chi connectivity index (χ4n) is 2.33. The van der Waals surface area contributed by atoms with E-state index in [9.17, 15) is 10.1 Å². The third-order valence-corrected chi connectivity index (χ3v) is 4.21. The van der Waals surface area contributed by atoms with Crippen LogP contribution in [0.3, 0.4) is 0 Å². The molecule has 0 radical (unpaired) electrons. The molecule has 2 aromatic carbocycles. The normalized spacial score (nSPS) is 10.9. The van der Waals surface area contributed by atoms with Crippen molar-refractivity contribution in [3.63, 3.8) is 0 Å². The van der Waals surface area contributed by atoms with Crippen molar-refractivity contribution in [1.29, 1.82) is 5.26 Å². The molecule has 0 aliphatic rings. The lowest BCUT2D eigenvalue weighted by molar-refractivity contribution is 0.0697. The number of nitrogens with zero attached hydrogens (tertiary/aromatic N) is 1. The lowest BCUT2D eigenvalue weighted by Crippen LogP contribution is -1.99. The molecule has 6 heteroatoms. The van der Waals surface area contributed by atoms with Gasteiger partial charge in [-0.05, 0) is 55.3 Å². The molecule has 0 bridgehead atoms. The van der Waals surface area contributed by atoms with E-state index in [-0.39, 0.29) is 5.56 Å². The largest absolute Gasteiger partial charge is 0.490 e. The Labute approximate surface area is 160 Å². The number of nitriles is 1. The molecule has 0 aliphatic carbocycles. The minimum Gasteiger partial charge on any atom is -0.490 e. The molecule has 134 valence electrons. The van der Waals surface area contributed by atoms with E-state index in [1.165, 1.54) is 12.1 Å². The summed E-state index contributed by atoms with van der Waals surface area (Å²) in [4.78, 5) is 11.0. The Morgan fingerprint density at radius 3 is 2.15 bits per heavy atom. The van der Waals surface area contributed by atoms with Crippen molar-refractivity contribution in [1.82, 2.24) is 0 Å². The number of hydrogen-bond donors (Lipinski definition) is 1. The number of carbonyl (C=O) groups is 1. The number of aromatic carboxylic acids is 1. The average molecular weight is 416 g/mol. The van der Waals surface area contributed by atoms with Crippen LogP contribution < -0.4 is 9.47 Å². The summed E-state index contributed by atoms with van der Waals surface area (Å²) in [5.74, 6) is 0.222. The molecule has 1 N–H and O–H groups in total. The molecule has 0 amide bonds. The summed E-state index contributed by atoms with van der Waals surface area (Å²) in [6.07, 6.45) is 1.72. The van der Waals surface area contributed by atoms with E-state index >= 15 is 0 Å². The molecule has 2 rings (SSSR count). The first-order chi connectivity index (χ1) is 12.5. The van der Waals surface area contributed by atoms with Gasteiger partial charge in [-0.1, -0.05) is 28.1 Å². The molecule has 0 aliphatic heterocycles. The molecule has 0 saturated heterocycles. The maximum Gasteiger partial charge on any atom is 0.335 e. The van der Waals surface area contributed by atoms with E-state index < -0.39 is 5.97 Å². The van der Waals surface area contributed by atoms with Gasteiger partial charge in [-0.3, -0.25) is 0 Å². The maximum absolute atomic E-state index is 11.0. The zero-order chi connectivity index (χ0) is 19.1. The van der Waals surface area contributed by atoms with Gasteiger partial charge in [-0.25, -0.2) is 4.79 Å². The maximum atomic E-state index is 11.0. The van der Waals surface area contributed by atoms with Crippen LogP contribution in [0.25, 0.3) is 11.6 Å². The van der Waals surface area contributed by atoms with Crippen LogP contribution in [-0.4, -0.2) is 24.3 Å². The van der Waals surface area contributed by atoms with Crippen molar-refractivity contribution >= 4 is 33.5 Å². The summed E-state index contributed by atoms with van der Waals surface area (Å²) in [7, 11) is 0. The molecule has 0 spiro atoms. The van der Waals surface area contributed by atoms with Crippen LogP contribution in [0.4, 0.5) is 0 Å². The Bertz CT molecular complexity index is 867. The highest BCUT2D eigenvalue weighted by atomic mass is 79.9. The van der Waals surface area contributed by atoms with Crippen molar-refractivity contribution < 1.29 is 19.4 Å². The van der Waals surface area contributed by atoms with Gasteiger partial charge in [0.05, 0.1) is 30.4 Å². The fraction of sp³-hybridized carbons (Fsp3) is 0.200. The second-order valence-electron chi connectivity index (χ2n) is 5.24. The highest BCUT2D eigenvalue weighted by Gasteiger charge is 2.11. The monoisotopic (exact) mass is 415 g/mol. The van der Waals surface area contributed by atoms with Crippen molar-refractivity contribution in [3.05, 3.63) is 57.6 Å². The van der Waals surface area contributed by atoms with Gasteiger partial charge < -0.3 is 14.6 Å². The number of carboxylic acid groups (broad SMARTS) is 1. The molecule has 26 heavy (non-hydrogen) atoms. The summed E-state index contributed by atoms with van der Waals surface area (Å²) >= 11 is 3.50. The van der Waals surface area contributed by atoms with Gasteiger partial charge >= 0.3 is 5.97 Å². The Morgan fingerprint density at radius 2 is 1.65 bits per heavy atom. The molecular formula is C20H18BrNO4. The number of rotatable bonds is 7. The summed E-state index contributed by atoms with van der Waals surface area (Å²) < 4.78 is 12.0. The molecular weight excluding hydrogens is 398 g/mol. The van der Waals surface area contributed by atoms with Gasteiger partial charge in [0.2, 0.25) is 0 Å². The molecule has 2 aromatic rings. The first-order valence-corrected chi connectivity index (χ1v) is 8.84. The van der Waals surface area contributed by atoms with Crippen LogP contribution in [-0.2, 0) is 0 Å². The fourth-order valence-corrected chi connectivity index (χ4v) is 2.76. The zero-order valence-corrected chi connectivity index (χ0v) is 16.0. The molecule has 0 atom stereocenters. The lowest BCUT2D eigenvalue weighted by atomic mass is 10.0. The number of allylic oxidation sites excluding steroid dienone is 1. The summed E-state index contributed by atoms with van der Waals surface area (Å²) in [6, 6.07) is 11.9. The van der Waals surface area contributed by atoms with Crippen LogP contribution in [0, 0.1) is 11.3 Å². The molecule has 0 fully saturated rings. The number of halogens is 1. The molecule has 0 unspecified atom stereocenters. The second kappa shape index (κ2) is 9.07. The summed E-state index contributed by atoms with van der Waals surface area (Å²) in [5.41, 5.74) is 1.98. The minimum atomic E-state index is -1.00. The zero-order valence-electron chi connectivity index (χ0n) is 14.5. The molecule has 0 heterocycles. The van der Waals surface area contributed by atoms with Gasteiger partial charge in [0, 0.05) is 4.47 Å². The first kappa shape index (κ1) is 19.5. The van der Waals surface area contributed by atoms with E-state index in [0.717, 1.165) is 10.0 Å². The van der Waals surface area contributed by atoms with Crippen LogP contribution in [0.2, 0.25) is 0 Å². The van der Waals surface area contributed by atoms with E-state index in [4.69, 9.17) is 14.6 Å². The predicted molar refractivity (Wildman–Crippen MR) is 103 cm³/mol. The van der Waals surface area contributed by atoms with Gasteiger partial charge in [0.1, 0.15) is 0 Å². The van der Waals surface area contributed by atoms with Gasteiger partial charge in [0.15, 0.2) is 11.5 Å². The van der Waals surface area contributed by atoms with Crippen molar-refractivity contribution in [3.8, 4) is 17.6 Å². The smallest absolute Gasteiger partial charge is 0.335 e. The highest BCUT2D eigenvalue weighted by molar-refractivity contribution is 9.10. The van der Waals surface area contributed by atoms with Crippen LogP contribution >= 0.6 is 15.9 Å². The molecule has 5 nitrogen and oxygen atoms in total. The topological polar surface area (TPSA) is 79.5 Å². The summed E-state index contributed by atoms with van der Waals surface area (Å²) in [6.45, 7) is 4.79. The Morgan fingerprint density at radius 1 is 1.12 bits per heavy atom. The van der Waals surface area contributed by atoms with E-state index in [1.807, 2.05) is 26.0 Å². The second-order valence-corrected chi connectivity index (χ2v) is 6.09. The van der Waals surface area contributed by atoms with Crippen LogP contribution in [0.5, 0.6) is 11.5 Å². The van der Waals surface area contributed by atoms with Crippen LogP contribution in [0.15, 0.2) is 40.9 Å². The van der Waals surface area contributed by atoms with Crippen molar-refractivity contribution in [2.24, 2.45) is 0 Å². The average Bonchev–Trinajstić information content (AvgIpc) is 2.63. The van der Waals surface area contributed by atoms with E-state index in [2.05, 4.69) is 22.0 Å². The predicted octanol–water partition coefficient (Wildman–Crippen LogP) is 5.01. The highest BCUT2D eigenvalue weighted by Crippen LogP contribution is 2.35. The number of hydrogen-bond acceptors (Lipinski definition) is 4. The molecule has 0 aromatic heterocycles. The van der Waals surface area contributed by atoms with Crippen molar-refractivity contribution in [2.45, 2.75) is 13.8 Å². The SMILES string of the molecule is CCOc1cc(Br)c(/C=C(/C#N)c2ccc(C(=O)O)cc2)cc1OCC. The Kier molecular flexibility index (Phi) is 6.81. The third-order valence-electron chi connectivity index (χ3n) is 3.53. The Balaban J connectivity index is 2.46. The third kappa shape index (κ3) is 4.64. The first-order valence-electron chi connectivity index (χ1n) is 8.04.